The summed E-state index contributed by atoms with van der Waals surface area (Å²) in [6.07, 6.45) is 3.94. The second-order valence-electron chi connectivity index (χ2n) is 5.19. The van der Waals surface area contributed by atoms with Gasteiger partial charge in [0.15, 0.2) is 0 Å². The van der Waals surface area contributed by atoms with Gasteiger partial charge in [0.2, 0.25) is 5.91 Å². The zero-order chi connectivity index (χ0) is 14.5. The Kier molecular flexibility index (Phi) is 5.06. The molecule has 1 aromatic carbocycles. The van der Waals surface area contributed by atoms with Crippen molar-refractivity contribution in [2.75, 3.05) is 13.6 Å². The molecule has 110 valence electrons. The molecule has 1 aromatic rings. The van der Waals surface area contributed by atoms with Crippen molar-refractivity contribution in [3.05, 3.63) is 35.4 Å². The van der Waals surface area contributed by atoms with E-state index in [0.717, 1.165) is 25.7 Å². The number of rotatable bonds is 5. The number of likely N-dealkylation sites (N-methyl/N-ethyl adjacent to an activating group) is 1. The van der Waals surface area contributed by atoms with E-state index >= 15 is 0 Å². The van der Waals surface area contributed by atoms with E-state index < -0.39 is 11.6 Å². The maximum atomic E-state index is 13.8. The average Bonchev–Trinajstić information content (AvgIpc) is 2.92. The van der Waals surface area contributed by atoms with Crippen LogP contribution in [0.25, 0.3) is 0 Å². The van der Waals surface area contributed by atoms with Gasteiger partial charge in [-0.25, -0.2) is 8.78 Å². The van der Waals surface area contributed by atoms with Crippen LogP contribution in [0.1, 0.15) is 31.2 Å². The number of carbonyl (C=O) groups is 1. The van der Waals surface area contributed by atoms with Crippen LogP contribution in [0.4, 0.5) is 8.78 Å². The van der Waals surface area contributed by atoms with Crippen molar-refractivity contribution in [2.45, 2.75) is 38.3 Å². The Balaban J connectivity index is 2.20. The summed E-state index contributed by atoms with van der Waals surface area (Å²) in [5.74, 6) is -1.29. The van der Waals surface area contributed by atoms with Crippen LogP contribution in [0.2, 0.25) is 0 Å². The van der Waals surface area contributed by atoms with E-state index in [1.54, 1.807) is 11.9 Å². The van der Waals surface area contributed by atoms with E-state index in [9.17, 15) is 13.6 Å². The number of benzene rings is 1. The lowest BCUT2D eigenvalue weighted by molar-refractivity contribution is -0.133. The van der Waals surface area contributed by atoms with Gasteiger partial charge in [-0.3, -0.25) is 4.79 Å². The number of hydrogen-bond donors (Lipinski definition) is 1. The van der Waals surface area contributed by atoms with E-state index in [4.69, 9.17) is 0 Å². The maximum Gasteiger partial charge on any atom is 0.237 e. The van der Waals surface area contributed by atoms with Crippen molar-refractivity contribution in [2.24, 2.45) is 0 Å². The zero-order valence-corrected chi connectivity index (χ0v) is 11.7. The summed E-state index contributed by atoms with van der Waals surface area (Å²) in [6.45, 7) is 0.191. The Labute approximate surface area is 118 Å². The van der Waals surface area contributed by atoms with Crippen molar-refractivity contribution < 1.29 is 13.6 Å². The largest absolute Gasteiger partial charge is 0.334 e. The molecular weight excluding hydrogens is 262 g/mol. The van der Waals surface area contributed by atoms with Crippen LogP contribution in [-0.2, 0) is 11.3 Å². The number of halogens is 2. The molecule has 1 amide bonds. The highest BCUT2D eigenvalue weighted by Gasteiger charge is 2.27. The Morgan fingerprint density at radius 3 is 2.45 bits per heavy atom. The molecule has 1 fully saturated rings. The summed E-state index contributed by atoms with van der Waals surface area (Å²) in [6, 6.07) is 3.89. The van der Waals surface area contributed by atoms with Crippen molar-refractivity contribution in [1.82, 2.24) is 10.2 Å². The third-order valence-electron chi connectivity index (χ3n) is 3.80. The van der Waals surface area contributed by atoms with E-state index in [1.165, 1.54) is 18.2 Å². The van der Waals surface area contributed by atoms with Gasteiger partial charge < -0.3 is 10.2 Å². The maximum absolute atomic E-state index is 13.8. The molecule has 0 bridgehead atoms. The Bertz CT molecular complexity index is 453. The number of carbonyl (C=O) groups excluding carboxylic acids is 1. The minimum atomic E-state index is -0.592. The van der Waals surface area contributed by atoms with E-state index in [-0.39, 0.29) is 30.6 Å². The number of nitrogens with one attached hydrogen (secondary N) is 1. The minimum absolute atomic E-state index is 0.00366. The van der Waals surface area contributed by atoms with Gasteiger partial charge in [-0.05, 0) is 32.0 Å². The predicted octanol–water partition coefficient (Wildman–Crippen LogP) is 2.46. The molecule has 0 heterocycles. The van der Waals surface area contributed by atoms with Gasteiger partial charge in [-0.1, -0.05) is 18.9 Å². The standard InChI is InChI=1S/C15H20F2N2O/c1-18-9-15(20)19(11-5-2-3-6-11)10-12-13(16)7-4-8-14(12)17/h4,7-8,11,18H,2-3,5-6,9-10H2,1H3. The van der Waals surface area contributed by atoms with E-state index in [1.807, 2.05) is 0 Å². The topological polar surface area (TPSA) is 32.3 Å². The number of hydrogen-bond acceptors (Lipinski definition) is 2. The molecule has 20 heavy (non-hydrogen) atoms. The fourth-order valence-electron chi connectivity index (χ4n) is 2.74. The summed E-state index contributed by atoms with van der Waals surface area (Å²) in [4.78, 5) is 13.8. The molecule has 5 heteroatoms. The highest BCUT2D eigenvalue weighted by atomic mass is 19.1. The zero-order valence-electron chi connectivity index (χ0n) is 11.7. The first-order valence-corrected chi connectivity index (χ1v) is 7.00. The molecular formula is C15H20F2N2O. The molecule has 2 rings (SSSR count). The molecule has 0 spiro atoms. The normalized spacial score (nSPS) is 15.6. The first-order chi connectivity index (χ1) is 9.63. The summed E-state index contributed by atoms with van der Waals surface area (Å²) >= 11 is 0. The van der Waals surface area contributed by atoms with Crippen LogP contribution < -0.4 is 5.32 Å². The van der Waals surface area contributed by atoms with Crippen molar-refractivity contribution in [3.63, 3.8) is 0 Å². The van der Waals surface area contributed by atoms with E-state index in [2.05, 4.69) is 5.32 Å². The third-order valence-corrected chi connectivity index (χ3v) is 3.80. The lowest BCUT2D eigenvalue weighted by Gasteiger charge is -2.29. The van der Waals surface area contributed by atoms with Gasteiger partial charge in [0.05, 0.1) is 13.1 Å². The van der Waals surface area contributed by atoms with Gasteiger partial charge in [-0.15, -0.1) is 0 Å². The molecule has 0 saturated heterocycles. The first kappa shape index (κ1) is 14.9. The van der Waals surface area contributed by atoms with Gasteiger partial charge in [0.25, 0.3) is 0 Å². The molecule has 1 aliphatic carbocycles. The Morgan fingerprint density at radius 2 is 1.90 bits per heavy atom. The van der Waals surface area contributed by atoms with Crippen molar-refractivity contribution in [3.8, 4) is 0 Å². The Morgan fingerprint density at radius 1 is 1.30 bits per heavy atom. The third kappa shape index (κ3) is 3.33. The average molecular weight is 282 g/mol. The fourth-order valence-corrected chi connectivity index (χ4v) is 2.74. The summed E-state index contributed by atoms with van der Waals surface area (Å²) < 4.78 is 27.5. The lowest BCUT2D eigenvalue weighted by atomic mass is 10.1. The second kappa shape index (κ2) is 6.79. The van der Waals surface area contributed by atoms with Gasteiger partial charge in [-0.2, -0.15) is 0 Å². The van der Waals surface area contributed by atoms with Crippen LogP contribution in [-0.4, -0.2) is 30.4 Å². The Hall–Kier alpha value is -1.49. The highest BCUT2D eigenvalue weighted by Crippen LogP contribution is 2.26. The monoisotopic (exact) mass is 282 g/mol. The van der Waals surface area contributed by atoms with Crippen LogP contribution in [0.5, 0.6) is 0 Å². The first-order valence-electron chi connectivity index (χ1n) is 7.00. The molecule has 0 radical (unpaired) electrons. The molecule has 3 nitrogen and oxygen atoms in total. The summed E-state index contributed by atoms with van der Waals surface area (Å²) in [5, 5.41) is 2.81. The van der Waals surface area contributed by atoms with Crippen molar-refractivity contribution >= 4 is 5.91 Å². The summed E-state index contributed by atoms with van der Waals surface area (Å²) in [5.41, 5.74) is -0.0242. The fraction of sp³-hybridized carbons (Fsp3) is 0.533. The second-order valence-corrected chi connectivity index (χ2v) is 5.19. The van der Waals surface area contributed by atoms with E-state index in [0.29, 0.717) is 0 Å². The highest BCUT2D eigenvalue weighted by molar-refractivity contribution is 5.78. The molecule has 1 saturated carbocycles. The lowest BCUT2D eigenvalue weighted by Crippen LogP contribution is -2.42. The van der Waals surface area contributed by atoms with Crippen LogP contribution in [0.3, 0.4) is 0 Å². The van der Waals surface area contributed by atoms with Crippen LogP contribution in [0, 0.1) is 11.6 Å². The van der Waals surface area contributed by atoms with Crippen LogP contribution in [0.15, 0.2) is 18.2 Å². The quantitative estimate of drug-likeness (QED) is 0.899. The molecule has 1 aliphatic rings. The van der Waals surface area contributed by atoms with Gasteiger partial charge in [0.1, 0.15) is 11.6 Å². The van der Waals surface area contributed by atoms with Gasteiger partial charge in [0, 0.05) is 11.6 Å². The molecule has 1 N–H and O–H groups in total. The molecule has 0 aliphatic heterocycles. The smallest absolute Gasteiger partial charge is 0.237 e. The molecule has 0 aromatic heterocycles. The van der Waals surface area contributed by atoms with Crippen molar-refractivity contribution in [1.29, 1.82) is 0 Å². The molecule has 0 atom stereocenters. The number of amides is 1. The molecule has 0 unspecified atom stereocenters. The minimum Gasteiger partial charge on any atom is -0.334 e. The van der Waals surface area contributed by atoms with Gasteiger partial charge >= 0.3 is 0 Å². The number of nitrogens with zero attached hydrogens (tertiary/aromatic N) is 1. The SMILES string of the molecule is CNCC(=O)N(Cc1c(F)cccc1F)C1CCCC1. The summed E-state index contributed by atoms with van der Waals surface area (Å²) in [7, 11) is 1.69. The van der Waals surface area contributed by atoms with Crippen LogP contribution >= 0.6 is 0 Å². The predicted molar refractivity (Wildman–Crippen MR) is 73.1 cm³/mol.